The number of hydrogen-bond donors (Lipinski definition) is 0. The predicted octanol–water partition coefficient (Wildman–Crippen LogP) is 4.19. The van der Waals surface area contributed by atoms with Gasteiger partial charge in [0.1, 0.15) is 6.54 Å². The summed E-state index contributed by atoms with van der Waals surface area (Å²) in [6, 6.07) is 16.2. The van der Waals surface area contributed by atoms with Gasteiger partial charge in [-0.05, 0) is 38.0 Å². The van der Waals surface area contributed by atoms with Crippen LogP contribution < -0.4 is 4.90 Å². The Hall–Kier alpha value is -2.73. The maximum atomic E-state index is 12.9. The molecule has 1 aromatic heterocycles. The van der Waals surface area contributed by atoms with Crippen molar-refractivity contribution in [2.24, 2.45) is 0 Å². The molecule has 0 aliphatic carbocycles. The zero-order valence-electron chi connectivity index (χ0n) is 17.5. The molecule has 30 heavy (non-hydrogen) atoms. The van der Waals surface area contributed by atoms with Crippen LogP contribution in [0.25, 0.3) is 10.9 Å². The molecule has 0 saturated carbocycles. The summed E-state index contributed by atoms with van der Waals surface area (Å²) in [5, 5.41) is 1.09. The van der Waals surface area contributed by atoms with Gasteiger partial charge in [-0.1, -0.05) is 36.4 Å². The predicted molar refractivity (Wildman–Crippen MR) is 123 cm³/mol. The van der Waals surface area contributed by atoms with Crippen LogP contribution in [0, 0.1) is 0 Å². The van der Waals surface area contributed by atoms with E-state index in [-0.39, 0.29) is 11.8 Å². The van der Waals surface area contributed by atoms with Gasteiger partial charge in [0.2, 0.25) is 11.8 Å². The highest BCUT2D eigenvalue weighted by Crippen LogP contribution is 2.32. The zero-order valence-corrected chi connectivity index (χ0v) is 18.3. The van der Waals surface area contributed by atoms with Crippen molar-refractivity contribution in [1.29, 1.82) is 0 Å². The molecule has 2 heterocycles. The third-order valence-corrected chi connectivity index (χ3v) is 6.74. The molecule has 0 N–H and O–H groups in total. The molecule has 4 rings (SSSR count). The molecule has 3 aromatic rings. The van der Waals surface area contributed by atoms with Crippen LogP contribution in [0.2, 0.25) is 0 Å². The van der Waals surface area contributed by atoms with Gasteiger partial charge in [-0.2, -0.15) is 0 Å². The molecule has 5 nitrogen and oxygen atoms in total. The average Bonchev–Trinajstić information content (AvgIpc) is 3.35. The number of rotatable bonds is 7. The van der Waals surface area contributed by atoms with E-state index in [4.69, 9.17) is 0 Å². The Labute approximate surface area is 181 Å². The normalized spacial score (nSPS) is 12.9. The molecule has 0 fully saturated rings. The molecule has 0 saturated heterocycles. The lowest BCUT2D eigenvalue weighted by molar-refractivity contribution is -0.131. The van der Waals surface area contributed by atoms with Gasteiger partial charge < -0.3 is 14.4 Å². The maximum absolute atomic E-state index is 12.9. The second-order valence-corrected chi connectivity index (χ2v) is 8.43. The van der Waals surface area contributed by atoms with Gasteiger partial charge in [-0.15, -0.1) is 11.8 Å². The monoisotopic (exact) mass is 421 g/mol. The molecular formula is C24H27N3O2S. The highest BCUT2D eigenvalue weighted by molar-refractivity contribution is 8.00. The van der Waals surface area contributed by atoms with Crippen LogP contribution in [0.3, 0.4) is 0 Å². The molecule has 0 bridgehead atoms. The lowest BCUT2D eigenvalue weighted by Crippen LogP contribution is -2.33. The molecule has 2 aromatic carbocycles. The smallest absolute Gasteiger partial charge is 0.242 e. The number of nitrogens with zero attached hydrogens (tertiary/aromatic N) is 3. The number of hydrogen-bond acceptors (Lipinski definition) is 3. The van der Waals surface area contributed by atoms with E-state index in [9.17, 15) is 9.59 Å². The molecule has 1 aliphatic heterocycles. The first-order valence-corrected chi connectivity index (χ1v) is 11.5. The fourth-order valence-electron chi connectivity index (χ4n) is 4.10. The fourth-order valence-corrected chi connectivity index (χ4v) is 5.06. The molecule has 0 unspecified atom stereocenters. The van der Waals surface area contributed by atoms with Gasteiger partial charge >= 0.3 is 0 Å². The highest BCUT2D eigenvalue weighted by atomic mass is 32.2. The van der Waals surface area contributed by atoms with Gasteiger partial charge in [-0.25, -0.2) is 0 Å². The topological polar surface area (TPSA) is 45.6 Å². The summed E-state index contributed by atoms with van der Waals surface area (Å²) in [4.78, 5) is 30.3. The number of para-hydroxylation sites is 2. The number of likely N-dealkylation sites (N-methyl/N-ethyl adjacent to an activating group) is 1. The van der Waals surface area contributed by atoms with Gasteiger partial charge in [0.15, 0.2) is 0 Å². The Bertz CT molecular complexity index is 1070. The number of carbonyl (C=O) groups is 2. The van der Waals surface area contributed by atoms with Crippen LogP contribution in [0.1, 0.15) is 19.4 Å². The van der Waals surface area contributed by atoms with Crippen molar-refractivity contribution >= 4 is 40.2 Å². The lowest BCUT2D eigenvalue weighted by Gasteiger charge is -2.19. The molecule has 156 valence electrons. The molecule has 0 radical (unpaired) electrons. The Morgan fingerprint density at radius 1 is 1.03 bits per heavy atom. The average molecular weight is 422 g/mol. The molecular weight excluding hydrogens is 394 g/mol. The van der Waals surface area contributed by atoms with Crippen molar-refractivity contribution in [3.8, 4) is 0 Å². The minimum atomic E-state index is 0.113. The Morgan fingerprint density at radius 2 is 1.77 bits per heavy atom. The van der Waals surface area contributed by atoms with Crippen molar-refractivity contribution in [3.63, 3.8) is 0 Å². The third kappa shape index (κ3) is 3.97. The minimum Gasteiger partial charge on any atom is -0.342 e. The summed E-state index contributed by atoms with van der Waals surface area (Å²) in [6.07, 6.45) is 2.93. The van der Waals surface area contributed by atoms with Crippen molar-refractivity contribution < 1.29 is 9.59 Å². The maximum Gasteiger partial charge on any atom is 0.242 e. The van der Waals surface area contributed by atoms with Crippen LogP contribution in [-0.4, -0.2) is 46.7 Å². The van der Waals surface area contributed by atoms with Crippen LogP contribution in [0.5, 0.6) is 0 Å². The van der Waals surface area contributed by atoms with Crippen molar-refractivity contribution in [3.05, 3.63) is 60.3 Å². The van der Waals surface area contributed by atoms with E-state index < -0.39 is 0 Å². The first-order valence-electron chi connectivity index (χ1n) is 10.5. The SMILES string of the molecule is CCN(CC)C(=O)Cn1cc(SCC(=O)N2CCc3ccccc32)c2ccccc21. The fraction of sp³-hybridized carbons (Fsp3) is 0.333. The van der Waals surface area contributed by atoms with E-state index in [1.165, 1.54) is 5.56 Å². The quantitative estimate of drug-likeness (QED) is 0.538. The van der Waals surface area contributed by atoms with E-state index in [1.54, 1.807) is 11.8 Å². The summed E-state index contributed by atoms with van der Waals surface area (Å²) < 4.78 is 2.01. The molecule has 2 amide bonds. The van der Waals surface area contributed by atoms with Gasteiger partial charge in [0, 0.05) is 47.3 Å². The number of amides is 2. The number of carbonyl (C=O) groups excluding carboxylic acids is 2. The summed E-state index contributed by atoms with van der Waals surface area (Å²) in [7, 11) is 0. The first kappa shape index (κ1) is 20.5. The summed E-state index contributed by atoms with van der Waals surface area (Å²) >= 11 is 1.55. The minimum absolute atomic E-state index is 0.113. The number of thioether (sulfide) groups is 1. The number of anilines is 1. The molecule has 6 heteroatoms. The van der Waals surface area contributed by atoms with E-state index in [0.717, 1.165) is 34.5 Å². The Morgan fingerprint density at radius 3 is 2.57 bits per heavy atom. The number of fused-ring (bicyclic) bond motifs is 2. The zero-order chi connectivity index (χ0) is 21.1. The van der Waals surface area contributed by atoms with Crippen molar-refractivity contribution in [2.75, 3.05) is 30.3 Å². The van der Waals surface area contributed by atoms with Crippen LogP contribution in [0.4, 0.5) is 5.69 Å². The second-order valence-electron chi connectivity index (χ2n) is 7.42. The van der Waals surface area contributed by atoms with E-state index in [2.05, 4.69) is 12.1 Å². The third-order valence-electron chi connectivity index (χ3n) is 5.71. The largest absolute Gasteiger partial charge is 0.342 e. The van der Waals surface area contributed by atoms with Gasteiger partial charge in [0.25, 0.3) is 0 Å². The highest BCUT2D eigenvalue weighted by Gasteiger charge is 2.24. The van der Waals surface area contributed by atoms with Crippen LogP contribution in [0.15, 0.2) is 59.6 Å². The summed E-state index contributed by atoms with van der Waals surface area (Å²) in [5.74, 6) is 0.620. The van der Waals surface area contributed by atoms with Gasteiger partial charge in [0.05, 0.1) is 5.75 Å². The van der Waals surface area contributed by atoms with Crippen LogP contribution >= 0.6 is 11.8 Å². The summed E-state index contributed by atoms with van der Waals surface area (Å²) in [6.45, 7) is 6.48. The number of benzene rings is 2. The van der Waals surface area contributed by atoms with Crippen molar-refractivity contribution in [1.82, 2.24) is 9.47 Å². The number of aromatic nitrogens is 1. The Balaban J connectivity index is 1.51. The lowest BCUT2D eigenvalue weighted by atomic mass is 10.2. The van der Waals surface area contributed by atoms with Gasteiger partial charge in [-0.3, -0.25) is 9.59 Å². The van der Waals surface area contributed by atoms with Crippen LogP contribution in [-0.2, 0) is 22.6 Å². The van der Waals surface area contributed by atoms with E-state index >= 15 is 0 Å². The second kappa shape index (κ2) is 8.96. The van der Waals surface area contributed by atoms with Crippen molar-refractivity contribution in [2.45, 2.75) is 31.7 Å². The molecule has 0 atom stereocenters. The summed E-state index contributed by atoms with van der Waals surface area (Å²) in [5.41, 5.74) is 3.30. The Kier molecular flexibility index (Phi) is 6.13. The van der Waals surface area contributed by atoms with E-state index in [1.807, 2.05) is 70.8 Å². The molecule has 0 spiro atoms. The first-order chi connectivity index (χ1) is 14.6. The standard InChI is InChI=1S/C24H27N3O2S/c1-3-25(4-2)23(28)16-26-15-22(19-10-6-8-12-21(19)26)30-17-24(29)27-14-13-18-9-5-7-11-20(18)27/h5-12,15H,3-4,13-14,16-17H2,1-2H3. The molecule has 1 aliphatic rings. The van der Waals surface area contributed by atoms with E-state index in [0.29, 0.717) is 25.4 Å².